The molecule has 2 aromatic carbocycles. The first kappa shape index (κ1) is 38.2. The van der Waals surface area contributed by atoms with Crippen molar-refractivity contribution >= 4 is 23.7 Å². The third kappa shape index (κ3) is 20.2. The number of nitrogens with zero attached hydrogens (tertiary/aromatic N) is 2. The van der Waals surface area contributed by atoms with Gasteiger partial charge in [0.25, 0.3) is 0 Å². The minimum Gasteiger partial charge on any atom is -0.434 e. The lowest BCUT2D eigenvalue weighted by Gasteiger charge is -2.07. The molecule has 0 atom stereocenters. The Morgan fingerprint density at radius 1 is 0.478 bits per heavy atom. The van der Waals surface area contributed by atoms with Gasteiger partial charge in [-0.1, -0.05) is 101 Å². The largest absolute Gasteiger partial charge is 0.508 e. The molecule has 0 aliphatic rings. The molecule has 8 nitrogen and oxygen atoms in total. The Hall–Kier alpha value is -3.94. The van der Waals surface area contributed by atoms with Crippen molar-refractivity contribution in [2.24, 2.45) is 10.2 Å². The van der Waals surface area contributed by atoms with E-state index in [0.717, 1.165) is 62.5 Å². The number of carbonyl (C=O) groups is 2. The fraction of sp³-hybridized carbons (Fsp3) is 0.526. The molecule has 0 spiro atoms. The number of allylic oxidation sites excluding steroid dienone is 2. The van der Waals surface area contributed by atoms with Crippen LogP contribution >= 0.6 is 0 Å². The fourth-order valence-corrected chi connectivity index (χ4v) is 4.66. The summed E-state index contributed by atoms with van der Waals surface area (Å²) in [5, 5.41) is 8.53. The Morgan fingerprint density at radius 3 is 1.15 bits per heavy atom. The van der Waals surface area contributed by atoms with Crippen molar-refractivity contribution in [1.82, 2.24) is 0 Å². The summed E-state index contributed by atoms with van der Waals surface area (Å²) in [7, 11) is 0. The van der Waals surface area contributed by atoms with Crippen molar-refractivity contribution in [3.05, 3.63) is 85.0 Å². The monoisotopic (exact) mass is 634 g/mol. The third-order valence-electron chi connectivity index (χ3n) is 7.41. The van der Waals surface area contributed by atoms with Crippen LogP contribution < -0.4 is 0 Å². The predicted octanol–water partition coefficient (Wildman–Crippen LogP) is 12.0. The lowest BCUT2D eigenvalue weighted by atomic mass is 10.1. The number of hydrogen-bond donors (Lipinski definition) is 0. The van der Waals surface area contributed by atoms with E-state index in [4.69, 9.17) is 18.9 Å². The van der Waals surface area contributed by atoms with E-state index in [1.165, 1.54) is 51.4 Å². The number of benzene rings is 2. The first-order chi connectivity index (χ1) is 22.6. The zero-order chi connectivity index (χ0) is 32.9. The molecular weight excluding hydrogens is 580 g/mol. The third-order valence-corrected chi connectivity index (χ3v) is 7.41. The number of rotatable bonds is 26. The van der Waals surface area contributed by atoms with Crippen LogP contribution in [0.25, 0.3) is 0 Å². The Bertz CT molecular complexity index is 1040. The van der Waals surface area contributed by atoms with Gasteiger partial charge in [0.15, 0.2) is 0 Å². The first-order valence-corrected chi connectivity index (χ1v) is 17.0. The van der Waals surface area contributed by atoms with Crippen LogP contribution in [0.5, 0.6) is 0 Å². The van der Waals surface area contributed by atoms with Crippen LogP contribution in [-0.2, 0) is 32.2 Å². The van der Waals surface area contributed by atoms with Crippen molar-refractivity contribution in [1.29, 1.82) is 0 Å². The van der Waals surface area contributed by atoms with Crippen molar-refractivity contribution in [2.45, 2.75) is 116 Å². The molecule has 0 radical (unpaired) electrons. The van der Waals surface area contributed by atoms with Gasteiger partial charge in [0.1, 0.15) is 13.2 Å². The molecule has 8 heteroatoms. The average Bonchev–Trinajstić information content (AvgIpc) is 3.08. The van der Waals surface area contributed by atoms with E-state index in [1.54, 1.807) is 0 Å². The molecule has 0 heterocycles. The summed E-state index contributed by atoms with van der Waals surface area (Å²) >= 11 is 0. The maximum absolute atomic E-state index is 11.9. The molecule has 0 fully saturated rings. The SMILES string of the molecule is C=CCCCCCCCCCOC(=O)OCc1ccc(N=Nc2ccc(COC(=O)OCCCCCCCCCC=C)cc2)cc1. The number of ether oxygens (including phenoxy) is 4. The highest BCUT2D eigenvalue weighted by Crippen LogP contribution is 2.20. The minimum atomic E-state index is -0.647. The van der Waals surface area contributed by atoms with Crippen LogP contribution in [-0.4, -0.2) is 25.5 Å². The smallest absolute Gasteiger partial charge is 0.434 e. The van der Waals surface area contributed by atoms with Gasteiger partial charge >= 0.3 is 12.3 Å². The highest BCUT2D eigenvalue weighted by Gasteiger charge is 2.06. The number of unbranched alkanes of at least 4 members (excludes halogenated alkanes) is 14. The summed E-state index contributed by atoms with van der Waals surface area (Å²) in [5.74, 6) is 0. The Kier molecular flexibility index (Phi) is 21.9. The van der Waals surface area contributed by atoms with Gasteiger partial charge in [-0.25, -0.2) is 9.59 Å². The van der Waals surface area contributed by atoms with Crippen molar-refractivity contribution in [3.8, 4) is 0 Å². The summed E-state index contributed by atoms with van der Waals surface area (Å²) in [4.78, 5) is 23.7. The quantitative estimate of drug-likeness (QED) is 0.0442. The summed E-state index contributed by atoms with van der Waals surface area (Å²) in [6, 6.07) is 14.6. The number of azo groups is 1. The molecule has 2 aromatic rings. The second-order valence-electron chi connectivity index (χ2n) is 11.4. The second kappa shape index (κ2) is 26.3. The standard InChI is InChI=1S/C38H54N2O6/c1-3-5-7-9-11-13-15-17-19-29-43-37(41)45-31-33-21-25-35(26-22-33)39-40-36-27-23-34(24-28-36)32-46-38(42)44-30-20-18-16-14-12-10-8-6-4-2/h3-4,21-28H,1-2,5-20,29-32H2. The van der Waals surface area contributed by atoms with E-state index in [2.05, 4.69) is 23.4 Å². The Morgan fingerprint density at radius 2 is 0.804 bits per heavy atom. The molecule has 0 unspecified atom stereocenters. The Labute approximate surface area is 276 Å². The highest BCUT2D eigenvalue weighted by molar-refractivity contribution is 5.60. The predicted molar refractivity (Wildman–Crippen MR) is 184 cm³/mol. The first-order valence-electron chi connectivity index (χ1n) is 17.0. The van der Waals surface area contributed by atoms with Gasteiger partial charge in [-0.15, -0.1) is 13.2 Å². The van der Waals surface area contributed by atoms with Gasteiger partial charge < -0.3 is 18.9 Å². The molecule has 0 bridgehead atoms. The maximum atomic E-state index is 11.9. The molecule has 0 N–H and O–H groups in total. The maximum Gasteiger partial charge on any atom is 0.508 e. The molecule has 0 aliphatic carbocycles. The van der Waals surface area contributed by atoms with Gasteiger partial charge in [0.05, 0.1) is 24.6 Å². The van der Waals surface area contributed by atoms with Crippen LogP contribution in [0.1, 0.15) is 114 Å². The van der Waals surface area contributed by atoms with Crippen LogP contribution in [0.15, 0.2) is 84.1 Å². The number of carbonyl (C=O) groups excluding carboxylic acids is 2. The van der Waals surface area contributed by atoms with Gasteiger partial charge in [0.2, 0.25) is 0 Å². The van der Waals surface area contributed by atoms with Crippen LogP contribution in [0.3, 0.4) is 0 Å². The topological polar surface area (TPSA) is 95.8 Å². The van der Waals surface area contributed by atoms with E-state index in [-0.39, 0.29) is 13.2 Å². The molecule has 0 aromatic heterocycles. The average molecular weight is 635 g/mol. The van der Waals surface area contributed by atoms with Crippen LogP contribution in [0.2, 0.25) is 0 Å². The van der Waals surface area contributed by atoms with E-state index in [9.17, 15) is 9.59 Å². The summed E-state index contributed by atoms with van der Waals surface area (Å²) in [5.41, 5.74) is 3.01. The van der Waals surface area contributed by atoms with E-state index >= 15 is 0 Å². The zero-order valence-corrected chi connectivity index (χ0v) is 27.7. The summed E-state index contributed by atoms with van der Waals surface area (Å²) in [6.07, 6.45) is 20.8. The van der Waals surface area contributed by atoms with Crippen molar-refractivity contribution in [2.75, 3.05) is 13.2 Å². The fourth-order valence-electron chi connectivity index (χ4n) is 4.66. The molecule has 0 saturated heterocycles. The van der Waals surface area contributed by atoms with E-state index < -0.39 is 12.3 Å². The van der Waals surface area contributed by atoms with Gasteiger partial charge in [0, 0.05) is 0 Å². The molecule has 0 aliphatic heterocycles. The minimum absolute atomic E-state index is 0.134. The lowest BCUT2D eigenvalue weighted by molar-refractivity contribution is 0.0479. The number of hydrogen-bond acceptors (Lipinski definition) is 8. The molecule has 252 valence electrons. The van der Waals surface area contributed by atoms with Gasteiger partial charge in [-0.05, 0) is 73.9 Å². The van der Waals surface area contributed by atoms with E-state index in [1.807, 2.05) is 60.7 Å². The molecular formula is C38H54N2O6. The Balaban J connectivity index is 1.53. The molecule has 46 heavy (non-hydrogen) atoms. The lowest BCUT2D eigenvalue weighted by Crippen LogP contribution is -2.08. The van der Waals surface area contributed by atoms with Crippen LogP contribution in [0.4, 0.5) is 21.0 Å². The molecule has 2 rings (SSSR count). The van der Waals surface area contributed by atoms with Crippen molar-refractivity contribution < 1.29 is 28.5 Å². The van der Waals surface area contributed by atoms with Gasteiger partial charge in [-0.3, -0.25) is 0 Å². The summed E-state index contributed by atoms with van der Waals surface area (Å²) in [6.45, 7) is 8.52. The van der Waals surface area contributed by atoms with Crippen LogP contribution in [0, 0.1) is 0 Å². The van der Waals surface area contributed by atoms with E-state index in [0.29, 0.717) is 24.6 Å². The molecule has 0 saturated carbocycles. The van der Waals surface area contributed by atoms with Crippen molar-refractivity contribution in [3.63, 3.8) is 0 Å². The second-order valence-corrected chi connectivity index (χ2v) is 11.4. The zero-order valence-electron chi connectivity index (χ0n) is 27.7. The molecule has 0 amide bonds. The highest BCUT2D eigenvalue weighted by atomic mass is 16.7. The summed E-state index contributed by atoms with van der Waals surface area (Å²) < 4.78 is 20.8. The normalized spacial score (nSPS) is 10.9. The van der Waals surface area contributed by atoms with Gasteiger partial charge in [-0.2, -0.15) is 10.2 Å².